The van der Waals surface area contributed by atoms with E-state index in [4.69, 9.17) is 5.73 Å². The molecule has 1 fully saturated rings. The molecule has 1 unspecified atom stereocenters. The molecular formula is C14H15F2N3. The summed E-state index contributed by atoms with van der Waals surface area (Å²) in [5, 5.41) is 6.90. The van der Waals surface area contributed by atoms with Gasteiger partial charge in [-0.05, 0) is 36.5 Å². The highest BCUT2D eigenvalue weighted by Crippen LogP contribution is 2.45. The summed E-state index contributed by atoms with van der Waals surface area (Å²) in [6.07, 6.45) is 2.36. The second-order valence-corrected chi connectivity index (χ2v) is 5.18. The van der Waals surface area contributed by atoms with Crippen LogP contribution in [0, 0.1) is 17.6 Å². The molecule has 3 rings (SSSR count). The van der Waals surface area contributed by atoms with Crippen molar-refractivity contribution in [1.29, 1.82) is 0 Å². The lowest BCUT2D eigenvalue weighted by molar-refractivity contribution is 0.584. The number of aromatic nitrogens is 2. The fourth-order valence-electron chi connectivity index (χ4n) is 2.53. The van der Waals surface area contributed by atoms with Crippen LogP contribution in [0.25, 0.3) is 11.1 Å². The first-order valence-electron chi connectivity index (χ1n) is 6.36. The van der Waals surface area contributed by atoms with E-state index in [2.05, 4.69) is 17.1 Å². The normalized spacial score (nSPS) is 16.6. The molecule has 1 aliphatic rings. The molecule has 5 heteroatoms. The van der Waals surface area contributed by atoms with Gasteiger partial charge in [-0.25, -0.2) is 8.78 Å². The topological polar surface area (TPSA) is 54.7 Å². The smallest absolute Gasteiger partial charge is 0.153 e. The summed E-state index contributed by atoms with van der Waals surface area (Å²) in [6.45, 7) is 2.09. The molecule has 1 aliphatic carbocycles. The van der Waals surface area contributed by atoms with Crippen LogP contribution in [0.15, 0.2) is 18.2 Å². The van der Waals surface area contributed by atoms with E-state index in [1.807, 2.05) is 0 Å². The van der Waals surface area contributed by atoms with Gasteiger partial charge in [0.1, 0.15) is 11.6 Å². The van der Waals surface area contributed by atoms with Crippen LogP contribution in [0.5, 0.6) is 0 Å². The summed E-state index contributed by atoms with van der Waals surface area (Å²) < 4.78 is 26.7. The zero-order valence-electron chi connectivity index (χ0n) is 10.6. The number of nitrogens with two attached hydrogens (primary N) is 1. The molecule has 1 atom stereocenters. The zero-order chi connectivity index (χ0) is 13.6. The Bertz CT molecular complexity index is 597. The summed E-state index contributed by atoms with van der Waals surface area (Å²) in [6, 6.07) is 3.42. The molecule has 0 aliphatic heterocycles. The molecule has 3 nitrogen and oxygen atoms in total. The van der Waals surface area contributed by atoms with E-state index in [1.54, 1.807) is 0 Å². The van der Waals surface area contributed by atoms with Gasteiger partial charge in [-0.2, -0.15) is 5.10 Å². The van der Waals surface area contributed by atoms with E-state index in [0.717, 1.165) is 11.8 Å². The number of hydrogen-bond acceptors (Lipinski definition) is 2. The van der Waals surface area contributed by atoms with Crippen molar-refractivity contribution in [3.63, 3.8) is 0 Å². The van der Waals surface area contributed by atoms with Gasteiger partial charge in [0.25, 0.3) is 0 Å². The molecule has 0 amide bonds. The number of nitrogen functional groups attached to an aromatic ring is 1. The van der Waals surface area contributed by atoms with E-state index >= 15 is 0 Å². The summed E-state index contributed by atoms with van der Waals surface area (Å²) in [7, 11) is 0. The van der Waals surface area contributed by atoms with E-state index in [9.17, 15) is 8.78 Å². The number of halogens is 2. The predicted octanol–water partition coefficient (Wildman–Crippen LogP) is 3.45. The van der Waals surface area contributed by atoms with Crippen LogP contribution in [0.3, 0.4) is 0 Å². The molecule has 0 spiro atoms. The van der Waals surface area contributed by atoms with Gasteiger partial charge < -0.3 is 5.73 Å². The van der Waals surface area contributed by atoms with Crippen LogP contribution in [-0.4, -0.2) is 10.2 Å². The maximum Gasteiger partial charge on any atom is 0.153 e. The van der Waals surface area contributed by atoms with Gasteiger partial charge in [0, 0.05) is 23.2 Å². The number of anilines is 1. The molecular weight excluding hydrogens is 248 g/mol. The van der Waals surface area contributed by atoms with Crippen molar-refractivity contribution >= 4 is 5.82 Å². The Labute approximate surface area is 109 Å². The standard InChI is InChI=1S/C14H15F2N3/c1-7(8-2-3-8)13-12(14(17)19-18-13)9-4-10(15)6-11(16)5-9/h4-8H,2-3H2,1H3,(H3,17,18,19). The highest BCUT2D eigenvalue weighted by molar-refractivity contribution is 5.76. The maximum atomic E-state index is 13.3. The molecule has 100 valence electrons. The van der Waals surface area contributed by atoms with Crippen molar-refractivity contribution in [2.75, 3.05) is 5.73 Å². The van der Waals surface area contributed by atoms with Gasteiger partial charge >= 0.3 is 0 Å². The maximum absolute atomic E-state index is 13.3. The summed E-state index contributed by atoms with van der Waals surface area (Å²) in [5.74, 6) is -0.0584. The van der Waals surface area contributed by atoms with Crippen LogP contribution < -0.4 is 5.73 Å². The number of benzene rings is 1. The Morgan fingerprint density at radius 2 is 1.89 bits per heavy atom. The van der Waals surface area contributed by atoms with Gasteiger partial charge in [0.2, 0.25) is 0 Å². The Morgan fingerprint density at radius 3 is 2.47 bits per heavy atom. The van der Waals surface area contributed by atoms with Crippen LogP contribution in [0.4, 0.5) is 14.6 Å². The van der Waals surface area contributed by atoms with Crippen molar-refractivity contribution in [3.8, 4) is 11.1 Å². The Kier molecular flexibility index (Phi) is 2.77. The molecule has 0 saturated heterocycles. The van der Waals surface area contributed by atoms with Crippen molar-refractivity contribution in [1.82, 2.24) is 10.2 Å². The summed E-state index contributed by atoms with van der Waals surface area (Å²) in [5.41, 5.74) is 7.77. The van der Waals surface area contributed by atoms with Crippen molar-refractivity contribution in [2.24, 2.45) is 5.92 Å². The number of nitrogens with one attached hydrogen (secondary N) is 1. The molecule has 1 saturated carbocycles. The van der Waals surface area contributed by atoms with Crippen molar-refractivity contribution in [2.45, 2.75) is 25.7 Å². The molecule has 2 aromatic rings. The Hall–Kier alpha value is -1.91. The third-order valence-electron chi connectivity index (χ3n) is 3.76. The van der Waals surface area contributed by atoms with Crippen LogP contribution >= 0.6 is 0 Å². The molecule has 1 aromatic heterocycles. The lowest BCUT2D eigenvalue weighted by atomic mass is 9.94. The average molecular weight is 263 g/mol. The van der Waals surface area contributed by atoms with Crippen LogP contribution in [0.2, 0.25) is 0 Å². The highest BCUT2D eigenvalue weighted by Gasteiger charge is 2.32. The van der Waals surface area contributed by atoms with Gasteiger partial charge in [0.05, 0.1) is 0 Å². The number of H-pyrrole nitrogens is 1. The zero-order valence-corrected chi connectivity index (χ0v) is 10.6. The van der Waals surface area contributed by atoms with Crippen molar-refractivity contribution < 1.29 is 8.78 Å². The minimum absolute atomic E-state index is 0.270. The number of rotatable bonds is 3. The molecule has 19 heavy (non-hydrogen) atoms. The summed E-state index contributed by atoms with van der Waals surface area (Å²) in [4.78, 5) is 0. The predicted molar refractivity (Wildman–Crippen MR) is 69.5 cm³/mol. The Balaban J connectivity index is 2.10. The largest absolute Gasteiger partial charge is 0.382 e. The third kappa shape index (κ3) is 2.20. The van der Waals surface area contributed by atoms with Crippen LogP contribution in [-0.2, 0) is 0 Å². The van der Waals surface area contributed by atoms with E-state index in [1.165, 1.54) is 25.0 Å². The summed E-state index contributed by atoms with van der Waals surface area (Å²) >= 11 is 0. The second-order valence-electron chi connectivity index (χ2n) is 5.18. The van der Waals surface area contributed by atoms with E-state index in [-0.39, 0.29) is 11.7 Å². The van der Waals surface area contributed by atoms with Gasteiger partial charge in [0.15, 0.2) is 5.82 Å². The first kappa shape index (κ1) is 12.1. The van der Waals surface area contributed by atoms with Gasteiger partial charge in [-0.1, -0.05) is 6.92 Å². The average Bonchev–Trinajstić information content (AvgIpc) is 3.10. The SMILES string of the molecule is CC(c1[nH]nc(N)c1-c1cc(F)cc(F)c1)C1CC1. The first-order valence-corrected chi connectivity index (χ1v) is 6.36. The second kappa shape index (κ2) is 4.33. The van der Waals surface area contributed by atoms with Crippen molar-refractivity contribution in [3.05, 3.63) is 35.5 Å². The third-order valence-corrected chi connectivity index (χ3v) is 3.76. The monoisotopic (exact) mass is 263 g/mol. The molecule has 1 heterocycles. The van der Waals surface area contributed by atoms with Gasteiger partial charge in [-0.3, -0.25) is 5.10 Å². The fraction of sp³-hybridized carbons (Fsp3) is 0.357. The molecule has 3 N–H and O–H groups in total. The number of hydrogen-bond donors (Lipinski definition) is 2. The van der Waals surface area contributed by atoms with E-state index in [0.29, 0.717) is 17.0 Å². The van der Waals surface area contributed by atoms with Gasteiger partial charge in [-0.15, -0.1) is 0 Å². The molecule has 0 radical (unpaired) electrons. The minimum Gasteiger partial charge on any atom is -0.382 e. The number of aromatic amines is 1. The quantitative estimate of drug-likeness (QED) is 0.891. The fourth-order valence-corrected chi connectivity index (χ4v) is 2.53. The molecule has 0 bridgehead atoms. The minimum atomic E-state index is -0.611. The van der Waals surface area contributed by atoms with E-state index < -0.39 is 11.6 Å². The lowest BCUT2D eigenvalue weighted by Crippen LogP contribution is -1.99. The lowest BCUT2D eigenvalue weighted by Gasteiger charge is -2.11. The molecule has 1 aromatic carbocycles. The first-order chi connectivity index (χ1) is 9.06. The number of nitrogens with zero attached hydrogens (tertiary/aromatic N) is 1. The van der Waals surface area contributed by atoms with Crippen LogP contribution in [0.1, 0.15) is 31.4 Å². The highest BCUT2D eigenvalue weighted by atomic mass is 19.1. The Morgan fingerprint density at radius 1 is 1.26 bits per heavy atom.